The monoisotopic (exact) mass is 164 g/mol. The molecule has 3 heteroatoms. The molecular weight excluding hydrogens is 154 g/mol. The molecule has 1 radical (unpaired) electrons. The van der Waals surface area contributed by atoms with Crippen molar-refractivity contribution in [2.45, 2.75) is 0 Å². The lowest BCUT2D eigenvalue weighted by atomic mass is 10.2. The Morgan fingerprint density at radius 3 is 2.75 bits per heavy atom. The van der Waals surface area contributed by atoms with E-state index in [1.54, 1.807) is 18.2 Å². The van der Waals surface area contributed by atoms with Crippen molar-refractivity contribution in [3.05, 3.63) is 36.8 Å². The van der Waals surface area contributed by atoms with Crippen LogP contribution in [0.25, 0.3) is 0 Å². The first-order chi connectivity index (χ1) is 5.75. The van der Waals surface area contributed by atoms with E-state index < -0.39 is 0 Å². The van der Waals surface area contributed by atoms with Crippen molar-refractivity contribution in [1.82, 2.24) is 5.32 Å². The lowest BCUT2D eigenvalue weighted by Crippen LogP contribution is -2.22. The Bertz CT molecular complexity index is 284. The van der Waals surface area contributed by atoms with Gasteiger partial charge in [-0.05, 0) is 19.1 Å². The fourth-order valence-corrected chi connectivity index (χ4v) is 0.874. The summed E-state index contributed by atoms with van der Waals surface area (Å²) in [5.41, 5.74) is 0.279. The van der Waals surface area contributed by atoms with Gasteiger partial charge in [0, 0.05) is 6.54 Å². The van der Waals surface area contributed by atoms with E-state index in [1.165, 1.54) is 6.07 Å². The van der Waals surface area contributed by atoms with Gasteiger partial charge < -0.3 is 10.4 Å². The van der Waals surface area contributed by atoms with Gasteiger partial charge in [0.2, 0.25) is 0 Å². The maximum absolute atomic E-state index is 11.2. The molecule has 1 aromatic carbocycles. The molecule has 0 saturated heterocycles. The number of phenols is 1. The van der Waals surface area contributed by atoms with Crippen LogP contribution in [0.1, 0.15) is 10.4 Å². The topological polar surface area (TPSA) is 49.3 Å². The van der Waals surface area contributed by atoms with Crippen LogP contribution in [0.3, 0.4) is 0 Å². The van der Waals surface area contributed by atoms with E-state index in [1.807, 2.05) is 0 Å². The zero-order valence-corrected chi connectivity index (χ0v) is 6.58. The molecule has 1 amide bonds. The maximum atomic E-state index is 11.2. The third-order valence-corrected chi connectivity index (χ3v) is 1.43. The summed E-state index contributed by atoms with van der Waals surface area (Å²) >= 11 is 0. The number of amides is 1. The van der Waals surface area contributed by atoms with Gasteiger partial charge in [-0.2, -0.15) is 0 Å². The lowest BCUT2D eigenvalue weighted by Gasteiger charge is -2.02. The smallest absolute Gasteiger partial charge is 0.255 e. The Labute approximate surface area is 71.0 Å². The van der Waals surface area contributed by atoms with Crippen LogP contribution in [0.5, 0.6) is 5.75 Å². The molecule has 1 aromatic rings. The maximum Gasteiger partial charge on any atom is 0.255 e. The number of hydrogen-bond acceptors (Lipinski definition) is 2. The van der Waals surface area contributed by atoms with Crippen molar-refractivity contribution in [3.8, 4) is 5.75 Å². The second-order valence-corrected chi connectivity index (χ2v) is 2.27. The second-order valence-electron chi connectivity index (χ2n) is 2.27. The summed E-state index contributed by atoms with van der Waals surface area (Å²) in [5.74, 6) is -0.313. The number of hydrogen-bond donors (Lipinski definition) is 2. The molecule has 1 rings (SSSR count). The second kappa shape index (κ2) is 3.76. The zero-order chi connectivity index (χ0) is 8.97. The summed E-state index contributed by atoms with van der Waals surface area (Å²) < 4.78 is 0. The average Bonchev–Trinajstić information content (AvgIpc) is 2.05. The van der Waals surface area contributed by atoms with E-state index >= 15 is 0 Å². The molecule has 0 saturated carbocycles. The molecule has 0 bridgehead atoms. The van der Waals surface area contributed by atoms with Gasteiger partial charge in [0.1, 0.15) is 5.75 Å². The molecule has 0 heterocycles. The van der Waals surface area contributed by atoms with Gasteiger partial charge in [-0.25, -0.2) is 0 Å². The highest BCUT2D eigenvalue weighted by Gasteiger charge is 2.07. The summed E-state index contributed by atoms with van der Waals surface area (Å²) in [6.07, 6.45) is 0. The van der Waals surface area contributed by atoms with Crippen LogP contribution >= 0.6 is 0 Å². The Hall–Kier alpha value is -1.51. The van der Waals surface area contributed by atoms with E-state index in [0.717, 1.165) is 0 Å². The first-order valence-corrected chi connectivity index (χ1v) is 3.61. The third-order valence-electron chi connectivity index (χ3n) is 1.43. The minimum atomic E-state index is -0.303. The van der Waals surface area contributed by atoms with Gasteiger partial charge in [0.05, 0.1) is 5.56 Å². The Kier molecular flexibility index (Phi) is 2.69. The lowest BCUT2D eigenvalue weighted by molar-refractivity contribution is 0.0955. The summed E-state index contributed by atoms with van der Waals surface area (Å²) in [4.78, 5) is 11.2. The molecule has 0 atom stereocenters. The summed E-state index contributed by atoms with van der Waals surface area (Å²) in [7, 11) is 0. The molecule has 0 aliphatic rings. The average molecular weight is 164 g/mol. The summed E-state index contributed by atoms with van der Waals surface area (Å²) in [6, 6.07) is 6.38. The van der Waals surface area contributed by atoms with Crippen LogP contribution in [0.4, 0.5) is 0 Å². The number of benzene rings is 1. The Balaban J connectivity index is 2.87. The van der Waals surface area contributed by atoms with Gasteiger partial charge in [-0.15, -0.1) is 0 Å². The zero-order valence-electron chi connectivity index (χ0n) is 6.58. The van der Waals surface area contributed by atoms with Crippen molar-refractivity contribution < 1.29 is 9.90 Å². The molecule has 0 aromatic heterocycles. The molecule has 63 valence electrons. The molecule has 0 fully saturated rings. The van der Waals surface area contributed by atoms with E-state index in [0.29, 0.717) is 6.54 Å². The van der Waals surface area contributed by atoms with Crippen LogP contribution < -0.4 is 5.32 Å². The first-order valence-electron chi connectivity index (χ1n) is 3.61. The van der Waals surface area contributed by atoms with Crippen LogP contribution in [0.2, 0.25) is 0 Å². The van der Waals surface area contributed by atoms with Gasteiger partial charge in [-0.3, -0.25) is 4.79 Å². The highest BCUT2D eigenvalue weighted by molar-refractivity contribution is 5.96. The van der Waals surface area contributed by atoms with Crippen LogP contribution in [-0.2, 0) is 0 Å². The van der Waals surface area contributed by atoms with E-state index in [-0.39, 0.29) is 17.2 Å². The van der Waals surface area contributed by atoms with E-state index in [2.05, 4.69) is 12.2 Å². The fraction of sp³-hybridized carbons (Fsp3) is 0.111. The van der Waals surface area contributed by atoms with Gasteiger partial charge in [0.15, 0.2) is 0 Å². The van der Waals surface area contributed by atoms with Crippen LogP contribution in [0, 0.1) is 6.92 Å². The number of para-hydroxylation sites is 1. The highest BCUT2D eigenvalue weighted by Crippen LogP contribution is 2.14. The summed E-state index contributed by atoms with van der Waals surface area (Å²) in [6.45, 7) is 3.78. The number of aromatic hydroxyl groups is 1. The first kappa shape index (κ1) is 8.59. The van der Waals surface area contributed by atoms with Crippen LogP contribution in [0.15, 0.2) is 24.3 Å². The number of phenolic OH excluding ortho intramolecular Hbond substituents is 1. The quantitative estimate of drug-likeness (QED) is 0.683. The number of rotatable bonds is 2. The molecule has 0 unspecified atom stereocenters. The van der Waals surface area contributed by atoms with E-state index in [9.17, 15) is 9.90 Å². The third kappa shape index (κ3) is 1.75. The largest absolute Gasteiger partial charge is 0.507 e. The molecular formula is C9H10NO2. The number of carbonyl (C=O) groups excluding carboxylic acids is 1. The molecule has 2 N–H and O–H groups in total. The van der Waals surface area contributed by atoms with Crippen LogP contribution in [-0.4, -0.2) is 17.6 Å². The molecule has 0 aliphatic heterocycles. The van der Waals surface area contributed by atoms with Crippen molar-refractivity contribution in [2.75, 3.05) is 6.54 Å². The highest BCUT2D eigenvalue weighted by atomic mass is 16.3. The molecule has 12 heavy (non-hydrogen) atoms. The number of nitrogens with one attached hydrogen (secondary N) is 1. The summed E-state index contributed by atoms with van der Waals surface area (Å²) in [5, 5.41) is 11.7. The fourth-order valence-electron chi connectivity index (χ4n) is 0.874. The predicted octanol–water partition coefficient (Wildman–Crippen LogP) is 0.956. The minimum Gasteiger partial charge on any atom is -0.507 e. The van der Waals surface area contributed by atoms with Crippen molar-refractivity contribution >= 4 is 5.91 Å². The minimum absolute atomic E-state index is 0.0107. The Morgan fingerprint density at radius 1 is 1.50 bits per heavy atom. The normalized spacial score (nSPS) is 9.42. The van der Waals surface area contributed by atoms with Gasteiger partial charge in [-0.1, -0.05) is 12.1 Å². The van der Waals surface area contributed by atoms with Crippen molar-refractivity contribution in [2.24, 2.45) is 0 Å². The number of carbonyl (C=O) groups is 1. The van der Waals surface area contributed by atoms with Gasteiger partial charge >= 0.3 is 0 Å². The van der Waals surface area contributed by atoms with Gasteiger partial charge in [0.25, 0.3) is 5.91 Å². The molecule has 0 aliphatic carbocycles. The standard InChI is InChI=1S/C9H10NO2/c1-2-10-9(12)7-5-3-4-6-8(7)11/h3-6,11H,1-2H2,(H,10,12). The molecule has 0 spiro atoms. The van der Waals surface area contributed by atoms with Crippen molar-refractivity contribution in [3.63, 3.8) is 0 Å². The van der Waals surface area contributed by atoms with E-state index in [4.69, 9.17) is 0 Å². The SMILES string of the molecule is [CH2]CNC(=O)c1ccccc1O. The van der Waals surface area contributed by atoms with Crippen molar-refractivity contribution in [1.29, 1.82) is 0 Å². The molecule has 3 nitrogen and oxygen atoms in total. The Morgan fingerprint density at radius 2 is 2.17 bits per heavy atom. The predicted molar refractivity (Wildman–Crippen MR) is 45.8 cm³/mol.